The van der Waals surface area contributed by atoms with E-state index in [1.54, 1.807) is 12.1 Å². The Labute approximate surface area is 132 Å². The van der Waals surface area contributed by atoms with Crippen LogP contribution < -0.4 is 0 Å². The predicted molar refractivity (Wildman–Crippen MR) is 81.5 cm³/mol. The zero-order valence-corrected chi connectivity index (χ0v) is 12.5. The summed E-state index contributed by atoms with van der Waals surface area (Å²) in [5.74, 6) is 0.710. The van der Waals surface area contributed by atoms with Crippen molar-refractivity contribution in [1.82, 2.24) is 20.1 Å². The first-order chi connectivity index (χ1) is 11.1. The van der Waals surface area contributed by atoms with Crippen LogP contribution in [0.4, 0.5) is 5.69 Å². The van der Waals surface area contributed by atoms with E-state index in [2.05, 4.69) is 15.2 Å². The molecule has 1 aromatic carbocycles. The number of likely N-dealkylation sites (tertiary alicyclic amines) is 1. The third kappa shape index (κ3) is 3.36. The van der Waals surface area contributed by atoms with Crippen molar-refractivity contribution in [2.24, 2.45) is 0 Å². The monoisotopic (exact) mass is 315 g/mol. The van der Waals surface area contributed by atoms with E-state index in [9.17, 15) is 14.9 Å². The second-order valence-electron chi connectivity index (χ2n) is 5.57. The van der Waals surface area contributed by atoms with E-state index in [-0.39, 0.29) is 24.1 Å². The van der Waals surface area contributed by atoms with Gasteiger partial charge >= 0.3 is 0 Å². The van der Waals surface area contributed by atoms with E-state index in [0.717, 1.165) is 24.8 Å². The number of non-ortho nitro benzene ring substituents is 1. The van der Waals surface area contributed by atoms with Gasteiger partial charge < -0.3 is 4.90 Å². The van der Waals surface area contributed by atoms with Gasteiger partial charge in [0.15, 0.2) is 0 Å². The molecular formula is C15H17N5O3. The highest BCUT2D eigenvalue weighted by Crippen LogP contribution is 2.29. The second-order valence-corrected chi connectivity index (χ2v) is 5.57. The van der Waals surface area contributed by atoms with Crippen LogP contribution in [-0.4, -0.2) is 37.5 Å². The van der Waals surface area contributed by atoms with E-state index >= 15 is 0 Å². The maximum Gasteiger partial charge on any atom is 0.269 e. The number of H-pyrrole nitrogens is 1. The predicted octanol–water partition coefficient (Wildman–Crippen LogP) is 2.01. The molecule has 1 aliphatic heterocycles. The largest absolute Gasteiger partial charge is 0.332 e. The van der Waals surface area contributed by atoms with Crippen LogP contribution in [0.1, 0.15) is 36.7 Å². The summed E-state index contributed by atoms with van der Waals surface area (Å²) in [7, 11) is 0. The van der Waals surface area contributed by atoms with Crippen molar-refractivity contribution in [3.8, 4) is 0 Å². The maximum atomic E-state index is 12.6. The Morgan fingerprint density at radius 1 is 1.35 bits per heavy atom. The summed E-state index contributed by atoms with van der Waals surface area (Å²) in [5, 5.41) is 17.4. The molecule has 0 radical (unpaired) electrons. The van der Waals surface area contributed by atoms with Crippen molar-refractivity contribution in [3.05, 3.63) is 52.1 Å². The molecule has 0 saturated carbocycles. The molecule has 1 aromatic heterocycles. The molecule has 3 rings (SSSR count). The van der Waals surface area contributed by atoms with Crippen LogP contribution in [0.15, 0.2) is 30.6 Å². The number of nitrogens with zero attached hydrogens (tertiary/aromatic N) is 4. The fraction of sp³-hybridized carbons (Fsp3) is 0.400. The van der Waals surface area contributed by atoms with E-state index < -0.39 is 4.92 Å². The molecule has 0 spiro atoms. The minimum Gasteiger partial charge on any atom is -0.332 e. The number of aromatic nitrogens is 3. The average Bonchev–Trinajstić information content (AvgIpc) is 3.09. The van der Waals surface area contributed by atoms with Crippen LogP contribution in [0.2, 0.25) is 0 Å². The Kier molecular flexibility index (Phi) is 4.31. The molecule has 120 valence electrons. The Hall–Kier alpha value is -2.77. The van der Waals surface area contributed by atoms with Gasteiger partial charge in [-0.25, -0.2) is 4.98 Å². The molecule has 2 heterocycles. The van der Waals surface area contributed by atoms with Gasteiger partial charge in [0.2, 0.25) is 5.91 Å². The lowest BCUT2D eigenvalue weighted by Crippen LogP contribution is -2.39. The van der Waals surface area contributed by atoms with Crippen LogP contribution in [0.5, 0.6) is 0 Å². The van der Waals surface area contributed by atoms with Crippen LogP contribution in [0, 0.1) is 10.1 Å². The maximum absolute atomic E-state index is 12.6. The summed E-state index contributed by atoms with van der Waals surface area (Å²) in [6.45, 7) is 0.692. The van der Waals surface area contributed by atoms with Gasteiger partial charge in [0.25, 0.3) is 5.69 Å². The quantitative estimate of drug-likeness (QED) is 0.686. The molecule has 23 heavy (non-hydrogen) atoms. The van der Waals surface area contributed by atoms with E-state index in [4.69, 9.17) is 0 Å². The summed E-state index contributed by atoms with van der Waals surface area (Å²) < 4.78 is 0. The number of nitrogens with one attached hydrogen (secondary N) is 1. The van der Waals surface area contributed by atoms with Gasteiger partial charge in [0, 0.05) is 18.7 Å². The molecule has 1 N–H and O–H groups in total. The van der Waals surface area contributed by atoms with Gasteiger partial charge in [-0.3, -0.25) is 20.0 Å². The number of carbonyl (C=O) groups is 1. The third-order valence-electron chi connectivity index (χ3n) is 4.07. The van der Waals surface area contributed by atoms with Crippen molar-refractivity contribution < 1.29 is 9.72 Å². The second kappa shape index (κ2) is 6.55. The highest BCUT2D eigenvalue weighted by molar-refractivity contribution is 5.79. The normalized spacial score (nSPS) is 17.9. The smallest absolute Gasteiger partial charge is 0.269 e. The summed E-state index contributed by atoms with van der Waals surface area (Å²) in [5.41, 5.74) is 0.793. The molecule has 1 saturated heterocycles. The molecule has 1 amide bonds. The van der Waals surface area contributed by atoms with Gasteiger partial charge in [0.1, 0.15) is 12.2 Å². The number of carbonyl (C=O) groups excluding carboxylic acids is 1. The number of hydrogen-bond acceptors (Lipinski definition) is 5. The Balaban J connectivity index is 1.72. The minimum absolute atomic E-state index is 0.0000435. The fourth-order valence-electron chi connectivity index (χ4n) is 2.90. The first-order valence-electron chi connectivity index (χ1n) is 7.53. The van der Waals surface area contributed by atoms with E-state index in [0.29, 0.717) is 12.4 Å². The van der Waals surface area contributed by atoms with Gasteiger partial charge in [-0.15, -0.1) is 0 Å². The topological polar surface area (TPSA) is 105 Å². The highest BCUT2D eigenvalue weighted by Gasteiger charge is 2.29. The molecular weight excluding hydrogens is 298 g/mol. The molecule has 8 heteroatoms. The van der Waals surface area contributed by atoms with E-state index in [1.807, 2.05) is 4.90 Å². The Morgan fingerprint density at radius 2 is 2.13 bits per heavy atom. The summed E-state index contributed by atoms with van der Waals surface area (Å²) in [6, 6.07) is 6.03. The molecule has 8 nitrogen and oxygen atoms in total. The first kappa shape index (κ1) is 15.1. The molecule has 1 aliphatic rings. The third-order valence-corrected chi connectivity index (χ3v) is 4.07. The lowest BCUT2D eigenvalue weighted by molar-refractivity contribution is -0.384. The van der Waals surface area contributed by atoms with Crippen molar-refractivity contribution in [2.75, 3.05) is 6.54 Å². The molecule has 0 aliphatic carbocycles. The zero-order chi connectivity index (χ0) is 16.2. The van der Waals surface area contributed by atoms with Crippen molar-refractivity contribution in [2.45, 2.75) is 31.7 Å². The lowest BCUT2D eigenvalue weighted by Gasteiger charge is -2.34. The van der Waals surface area contributed by atoms with Crippen LogP contribution in [-0.2, 0) is 11.2 Å². The molecule has 1 unspecified atom stereocenters. The number of nitro groups is 1. The number of rotatable bonds is 4. The number of benzene rings is 1. The number of hydrogen-bond donors (Lipinski definition) is 1. The number of nitro benzene ring substituents is 1. The van der Waals surface area contributed by atoms with Crippen LogP contribution >= 0.6 is 0 Å². The van der Waals surface area contributed by atoms with Crippen molar-refractivity contribution >= 4 is 11.6 Å². The van der Waals surface area contributed by atoms with E-state index in [1.165, 1.54) is 18.5 Å². The summed E-state index contributed by atoms with van der Waals surface area (Å²) >= 11 is 0. The van der Waals surface area contributed by atoms with Gasteiger partial charge in [0.05, 0.1) is 17.4 Å². The summed E-state index contributed by atoms with van der Waals surface area (Å²) in [6.07, 6.45) is 4.55. The Bertz CT molecular complexity index is 684. The summed E-state index contributed by atoms with van der Waals surface area (Å²) in [4.78, 5) is 28.8. The van der Waals surface area contributed by atoms with Gasteiger partial charge in [-0.1, -0.05) is 12.1 Å². The van der Waals surface area contributed by atoms with Crippen LogP contribution in [0.25, 0.3) is 0 Å². The zero-order valence-electron chi connectivity index (χ0n) is 12.5. The number of aromatic amines is 1. The number of amides is 1. The fourth-order valence-corrected chi connectivity index (χ4v) is 2.90. The average molecular weight is 315 g/mol. The van der Waals surface area contributed by atoms with Gasteiger partial charge in [-0.2, -0.15) is 5.10 Å². The highest BCUT2D eigenvalue weighted by atomic mass is 16.6. The van der Waals surface area contributed by atoms with Crippen LogP contribution in [0.3, 0.4) is 0 Å². The molecule has 2 aromatic rings. The standard InChI is InChI=1S/C15H17N5O3/c21-14(9-11-4-6-12(7-5-11)20(22)23)19-8-2-1-3-13(19)15-16-10-17-18-15/h4-7,10,13H,1-3,8-9H2,(H,16,17,18). The van der Waals surface area contributed by atoms with Crippen molar-refractivity contribution in [3.63, 3.8) is 0 Å². The molecule has 1 atom stereocenters. The minimum atomic E-state index is -0.448. The van der Waals surface area contributed by atoms with Crippen molar-refractivity contribution in [1.29, 1.82) is 0 Å². The molecule has 0 bridgehead atoms. The first-order valence-corrected chi connectivity index (χ1v) is 7.53. The molecule has 1 fully saturated rings. The SMILES string of the molecule is O=C(Cc1ccc([N+](=O)[O-])cc1)N1CCCCC1c1ncn[nH]1. The van der Waals surface area contributed by atoms with Gasteiger partial charge in [-0.05, 0) is 24.8 Å². The lowest BCUT2D eigenvalue weighted by atomic mass is 10.00. The number of piperidine rings is 1. The Morgan fingerprint density at radius 3 is 2.78 bits per heavy atom.